The van der Waals surface area contributed by atoms with E-state index in [2.05, 4.69) is 10.6 Å². The molecule has 3 aromatic carbocycles. The van der Waals surface area contributed by atoms with Gasteiger partial charge >= 0.3 is 0 Å². The zero-order chi connectivity index (χ0) is 25.2. The molecule has 1 heterocycles. The van der Waals surface area contributed by atoms with Gasteiger partial charge in [0, 0.05) is 17.7 Å². The van der Waals surface area contributed by atoms with Crippen LogP contribution >= 0.6 is 0 Å². The lowest BCUT2D eigenvalue weighted by molar-refractivity contribution is -0.116. The lowest BCUT2D eigenvalue weighted by atomic mass is 9.78. The summed E-state index contributed by atoms with van der Waals surface area (Å²) in [5, 5.41) is 7.19. The van der Waals surface area contributed by atoms with Crippen molar-refractivity contribution in [2.24, 2.45) is 0 Å². The Morgan fingerprint density at radius 2 is 1.42 bits per heavy atom. The summed E-state index contributed by atoms with van der Waals surface area (Å²) < 4.78 is 22.0. The second kappa shape index (κ2) is 9.85. The predicted octanol–water partition coefficient (Wildman–Crippen LogP) is 5.70. The number of allylic oxidation sites excluding steroid dienone is 1. The Morgan fingerprint density at radius 1 is 0.750 bits per heavy atom. The number of hydrogen-bond acceptors (Lipinski definition) is 7. The van der Waals surface area contributed by atoms with Crippen molar-refractivity contribution in [2.45, 2.75) is 24.8 Å². The maximum atomic E-state index is 13.8. The number of Topliss-reactive ketones (excluding diaryl/α,β-unsaturated/α-hetero) is 1. The van der Waals surface area contributed by atoms with Crippen molar-refractivity contribution in [1.82, 2.24) is 0 Å². The SMILES string of the molecule is COc1ccc([C@H]2Nc3ccccc3NC3=C2C(=O)C[C@H](c2cc(OC)c(OC)c(OC)c2)C3)cc1. The van der Waals surface area contributed by atoms with Crippen LogP contribution in [0.1, 0.15) is 35.9 Å². The Labute approximate surface area is 211 Å². The maximum absolute atomic E-state index is 13.8. The minimum atomic E-state index is -0.282. The van der Waals surface area contributed by atoms with Gasteiger partial charge in [-0.2, -0.15) is 0 Å². The summed E-state index contributed by atoms with van der Waals surface area (Å²) in [6.45, 7) is 0. The summed E-state index contributed by atoms with van der Waals surface area (Å²) in [6, 6.07) is 19.5. The van der Waals surface area contributed by atoms with Gasteiger partial charge in [0.05, 0.1) is 45.9 Å². The lowest BCUT2D eigenvalue weighted by Gasteiger charge is -2.30. The second-order valence-corrected chi connectivity index (χ2v) is 8.90. The van der Waals surface area contributed by atoms with Gasteiger partial charge in [-0.15, -0.1) is 0 Å². The van der Waals surface area contributed by atoms with Crippen LogP contribution in [0.4, 0.5) is 11.4 Å². The van der Waals surface area contributed by atoms with E-state index in [1.807, 2.05) is 60.7 Å². The van der Waals surface area contributed by atoms with Crippen LogP contribution in [-0.2, 0) is 4.79 Å². The standard InChI is InChI=1S/C29H30N2O5/c1-33-20-11-9-17(10-12-20)28-27-23(30-21-7-5-6-8-22(21)31-28)13-18(14-24(27)32)19-15-25(34-2)29(36-4)26(16-19)35-3/h5-12,15-16,18,28,30-31H,13-14H2,1-4H3/t18-,28-/m1/s1. The first kappa shape index (κ1) is 23.6. The molecule has 0 saturated carbocycles. The van der Waals surface area contributed by atoms with Gasteiger partial charge in [0.15, 0.2) is 17.3 Å². The fourth-order valence-electron chi connectivity index (χ4n) is 5.11. The van der Waals surface area contributed by atoms with Crippen LogP contribution in [-0.4, -0.2) is 34.2 Å². The van der Waals surface area contributed by atoms with E-state index in [0.717, 1.165) is 39.5 Å². The Hall–Kier alpha value is -4.13. The van der Waals surface area contributed by atoms with E-state index >= 15 is 0 Å². The molecule has 2 atom stereocenters. The molecule has 5 rings (SSSR count). The Kier molecular flexibility index (Phi) is 6.46. The van der Waals surface area contributed by atoms with E-state index in [1.54, 1.807) is 28.4 Å². The van der Waals surface area contributed by atoms with E-state index < -0.39 is 0 Å². The first-order chi connectivity index (χ1) is 17.6. The first-order valence-corrected chi connectivity index (χ1v) is 11.9. The monoisotopic (exact) mass is 486 g/mol. The highest BCUT2D eigenvalue weighted by molar-refractivity contribution is 6.01. The third-order valence-corrected chi connectivity index (χ3v) is 6.92. The fourth-order valence-corrected chi connectivity index (χ4v) is 5.11. The van der Waals surface area contributed by atoms with E-state index in [-0.39, 0.29) is 17.7 Å². The minimum Gasteiger partial charge on any atom is -0.497 e. The van der Waals surface area contributed by atoms with Gasteiger partial charge < -0.3 is 29.6 Å². The number of carbonyl (C=O) groups excluding carboxylic acids is 1. The molecule has 0 unspecified atom stereocenters. The number of ether oxygens (including phenoxy) is 4. The molecule has 186 valence electrons. The molecule has 0 saturated heterocycles. The number of benzene rings is 3. The van der Waals surface area contributed by atoms with Gasteiger partial charge in [-0.1, -0.05) is 24.3 Å². The second-order valence-electron chi connectivity index (χ2n) is 8.90. The largest absolute Gasteiger partial charge is 0.497 e. The maximum Gasteiger partial charge on any atom is 0.203 e. The average molecular weight is 487 g/mol. The summed E-state index contributed by atoms with van der Waals surface area (Å²) in [4.78, 5) is 13.8. The van der Waals surface area contributed by atoms with Gasteiger partial charge in [-0.25, -0.2) is 0 Å². The van der Waals surface area contributed by atoms with Crippen molar-refractivity contribution in [3.63, 3.8) is 0 Å². The third kappa shape index (κ3) is 4.21. The van der Waals surface area contributed by atoms with Crippen LogP contribution in [0, 0.1) is 0 Å². The molecule has 3 aromatic rings. The molecule has 1 aliphatic carbocycles. The molecule has 7 heteroatoms. The summed E-state index contributed by atoms with van der Waals surface area (Å²) in [5.41, 5.74) is 5.55. The summed E-state index contributed by atoms with van der Waals surface area (Å²) in [7, 11) is 6.43. The highest BCUT2D eigenvalue weighted by Crippen LogP contribution is 2.47. The van der Waals surface area contributed by atoms with Crippen molar-refractivity contribution >= 4 is 17.2 Å². The molecule has 0 amide bonds. The summed E-state index contributed by atoms with van der Waals surface area (Å²) >= 11 is 0. The van der Waals surface area contributed by atoms with E-state index in [1.165, 1.54) is 0 Å². The molecule has 2 N–H and O–H groups in total. The Bertz CT molecular complexity index is 1290. The molecule has 0 fully saturated rings. The highest BCUT2D eigenvalue weighted by Gasteiger charge is 2.36. The Morgan fingerprint density at radius 3 is 2.03 bits per heavy atom. The van der Waals surface area contributed by atoms with Crippen molar-refractivity contribution in [3.05, 3.63) is 83.1 Å². The van der Waals surface area contributed by atoms with E-state index in [0.29, 0.717) is 30.1 Å². The van der Waals surface area contributed by atoms with Crippen LogP contribution in [0.2, 0.25) is 0 Å². The molecular weight excluding hydrogens is 456 g/mol. The number of nitrogens with one attached hydrogen (secondary N) is 2. The quantitative estimate of drug-likeness (QED) is 0.463. The predicted molar refractivity (Wildman–Crippen MR) is 140 cm³/mol. The van der Waals surface area contributed by atoms with Crippen molar-refractivity contribution in [1.29, 1.82) is 0 Å². The average Bonchev–Trinajstić information content (AvgIpc) is 3.09. The topological polar surface area (TPSA) is 78.1 Å². The number of fused-ring (bicyclic) bond motifs is 1. The van der Waals surface area contributed by atoms with Gasteiger partial charge in [-0.3, -0.25) is 4.79 Å². The number of anilines is 2. The normalized spacial score (nSPS) is 18.7. The molecule has 1 aliphatic heterocycles. The fraction of sp³-hybridized carbons (Fsp3) is 0.276. The lowest BCUT2D eigenvalue weighted by Crippen LogP contribution is -2.27. The van der Waals surface area contributed by atoms with Gasteiger partial charge in [0.1, 0.15) is 5.75 Å². The summed E-state index contributed by atoms with van der Waals surface area (Å²) in [6.07, 6.45) is 1.05. The zero-order valence-electron chi connectivity index (χ0n) is 20.9. The van der Waals surface area contributed by atoms with Gasteiger partial charge in [0.25, 0.3) is 0 Å². The highest BCUT2D eigenvalue weighted by atomic mass is 16.5. The van der Waals surface area contributed by atoms with E-state index in [9.17, 15) is 4.79 Å². The molecule has 2 aliphatic rings. The smallest absolute Gasteiger partial charge is 0.203 e. The van der Waals surface area contributed by atoms with Crippen LogP contribution in [0.5, 0.6) is 23.0 Å². The molecule has 36 heavy (non-hydrogen) atoms. The molecular formula is C29H30N2O5. The number of methoxy groups -OCH3 is 4. The summed E-state index contributed by atoms with van der Waals surface area (Å²) in [5.74, 6) is 2.53. The number of para-hydroxylation sites is 2. The molecule has 0 radical (unpaired) electrons. The van der Waals surface area contributed by atoms with Crippen LogP contribution in [0.25, 0.3) is 0 Å². The third-order valence-electron chi connectivity index (χ3n) is 6.92. The van der Waals surface area contributed by atoms with Gasteiger partial charge in [-0.05, 0) is 59.9 Å². The Balaban J connectivity index is 1.58. The van der Waals surface area contributed by atoms with E-state index in [4.69, 9.17) is 18.9 Å². The van der Waals surface area contributed by atoms with Crippen LogP contribution in [0.15, 0.2) is 71.9 Å². The van der Waals surface area contributed by atoms with Crippen LogP contribution in [0.3, 0.4) is 0 Å². The minimum absolute atomic E-state index is 0.0424. The number of ketones is 1. The number of rotatable bonds is 6. The van der Waals surface area contributed by atoms with Crippen molar-refractivity contribution in [2.75, 3.05) is 39.1 Å². The number of carbonyl (C=O) groups is 1. The molecule has 0 spiro atoms. The van der Waals surface area contributed by atoms with Crippen LogP contribution < -0.4 is 29.6 Å². The van der Waals surface area contributed by atoms with Crippen molar-refractivity contribution < 1.29 is 23.7 Å². The van der Waals surface area contributed by atoms with Crippen molar-refractivity contribution in [3.8, 4) is 23.0 Å². The molecule has 7 nitrogen and oxygen atoms in total. The number of hydrogen-bond donors (Lipinski definition) is 2. The molecule has 0 bridgehead atoms. The zero-order valence-corrected chi connectivity index (χ0v) is 20.9. The first-order valence-electron chi connectivity index (χ1n) is 11.9. The van der Waals surface area contributed by atoms with Gasteiger partial charge in [0.2, 0.25) is 5.75 Å². The molecule has 0 aromatic heterocycles.